The fourth-order valence-electron chi connectivity index (χ4n) is 0.540. The first-order chi connectivity index (χ1) is 4.43. The minimum absolute atomic E-state index is 0.639. The molecule has 1 aromatic rings. The van der Waals surface area contributed by atoms with E-state index in [4.69, 9.17) is 4.74 Å². The van der Waals surface area contributed by atoms with Gasteiger partial charge in [-0.2, -0.15) is 0 Å². The maximum absolute atomic E-state index is 5.06. The first-order valence-corrected chi connectivity index (χ1v) is 2.89. The van der Waals surface area contributed by atoms with Crippen LogP contribution in [0.1, 0.15) is 6.92 Å². The minimum atomic E-state index is 0.639. The summed E-state index contributed by atoms with van der Waals surface area (Å²) in [5.74, 6) is 0.639. The Morgan fingerprint density at radius 3 is 3.22 bits per heavy atom. The van der Waals surface area contributed by atoms with Crippen LogP contribution >= 0.6 is 0 Å². The molecule has 1 radical (unpaired) electrons. The van der Waals surface area contributed by atoms with Crippen molar-refractivity contribution in [1.82, 2.24) is 4.98 Å². The summed E-state index contributed by atoms with van der Waals surface area (Å²) in [7, 11) is 0. The van der Waals surface area contributed by atoms with E-state index < -0.39 is 0 Å². The van der Waals surface area contributed by atoms with E-state index in [1.54, 1.807) is 12.1 Å². The Labute approximate surface area is 54.5 Å². The van der Waals surface area contributed by atoms with Gasteiger partial charge in [0.15, 0.2) is 0 Å². The van der Waals surface area contributed by atoms with Crippen molar-refractivity contribution < 1.29 is 4.74 Å². The van der Waals surface area contributed by atoms with Gasteiger partial charge in [0, 0.05) is 6.07 Å². The van der Waals surface area contributed by atoms with Crippen molar-refractivity contribution in [3.05, 3.63) is 24.4 Å². The second kappa shape index (κ2) is 3.07. The molecular weight excluding hydrogens is 114 g/mol. The fraction of sp³-hybridized carbons (Fsp3) is 0.286. The molecule has 0 fully saturated rings. The van der Waals surface area contributed by atoms with Gasteiger partial charge < -0.3 is 4.74 Å². The monoisotopic (exact) mass is 122 g/mol. The van der Waals surface area contributed by atoms with E-state index in [9.17, 15) is 0 Å². The molecule has 0 bridgehead atoms. The average Bonchev–Trinajstić information content (AvgIpc) is 1.91. The van der Waals surface area contributed by atoms with Crippen molar-refractivity contribution >= 4 is 0 Å². The smallest absolute Gasteiger partial charge is 0.213 e. The van der Waals surface area contributed by atoms with Gasteiger partial charge in [0.25, 0.3) is 0 Å². The highest BCUT2D eigenvalue weighted by atomic mass is 16.5. The number of pyridine rings is 1. The fourth-order valence-corrected chi connectivity index (χ4v) is 0.540. The third-order valence-corrected chi connectivity index (χ3v) is 0.877. The Bertz CT molecular complexity index is 162. The maximum atomic E-state index is 5.06. The van der Waals surface area contributed by atoms with Crippen LogP contribution in [0.25, 0.3) is 0 Å². The van der Waals surface area contributed by atoms with E-state index in [0.29, 0.717) is 12.5 Å². The lowest BCUT2D eigenvalue weighted by Gasteiger charge is -1.97. The Kier molecular flexibility index (Phi) is 2.07. The summed E-state index contributed by atoms with van der Waals surface area (Å²) < 4.78 is 5.06. The van der Waals surface area contributed by atoms with Gasteiger partial charge in [-0.25, -0.2) is 4.98 Å². The molecule has 0 aromatic carbocycles. The Morgan fingerprint density at radius 1 is 1.78 bits per heavy atom. The van der Waals surface area contributed by atoms with Gasteiger partial charge in [0.2, 0.25) is 5.88 Å². The predicted molar refractivity (Wildman–Crippen MR) is 34.2 cm³/mol. The molecule has 2 nitrogen and oxygen atoms in total. The van der Waals surface area contributed by atoms with E-state index in [1.165, 1.54) is 0 Å². The van der Waals surface area contributed by atoms with E-state index in [2.05, 4.69) is 11.2 Å². The van der Waals surface area contributed by atoms with E-state index >= 15 is 0 Å². The molecule has 0 saturated carbocycles. The van der Waals surface area contributed by atoms with Crippen LogP contribution in [-0.2, 0) is 0 Å². The van der Waals surface area contributed by atoms with Crippen molar-refractivity contribution in [2.45, 2.75) is 6.92 Å². The molecule has 9 heavy (non-hydrogen) atoms. The highest BCUT2D eigenvalue weighted by molar-refractivity contribution is 5.08. The zero-order valence-electron chi connectivity index (χ0n) is 5.29. The first kappa shape index (κ1) is 6.08. The Balaban J connectivity index is 2.61. The molecular formula is C7H8NO. The van der Waals surface area contributed by atoms with Crippen LogP contribution in [0.4, 0.5) is 0 Å². The average molecular weight is 122 g/mol. The molecule has 0 aliphatic heterocycles. The third-order valence-electron chi connectivity index (χ3n) is 0.877. The summed E-state index contributed by atoms with van der Waals surface area (Å²) >= 11 is 0. The Hall–Kier alpha value is -1.05. The van der Waals surface area contributed by atoms with Gasteiger partial charge >= 0.3 is 0 Å². The van der Waals surface area contributed by atoms with Crippen LogP contribution in [0, 0.1) is 6.20 Å². The molecule has 1 rings (SSSR count). The van der Waals surface area contributed by atoms with Gasteiger partial charge in [-0.1, -0.05) is 6.07 Å². The molecule has 1 aromatic heterocycles. The lowest BCUT2D eigenvalue weighted by molar-refractivity contribution is 0.326. The number of rotatable bonds is 2. The molecule has 0 aliphatic rings. The summed E-state index contributed by atoms with van der Waals surface area (Å²) in [6, 6.07) is 5.39. The van der Waals surface area contributed by atoms with Crippen molar-refractivity contribution in [3.8, 4) is 5.88 Å². The number of hydrogen-bond donors (Lipinski definition) is 0. The van der Waals surface area contributed by atoms with Crippen LogP contribution in [0.2, 0.25) is 0 Å². The lowest BCUT2D eigenvalue weighted by atomic mass is 10.5. The molecule has 0 N–H and O–H groups in total. The second-order valence-corrected chi connectivity index (χ2v) is 1.54. The highest BCUT2D eigenvalue weighted by Crippen LogP contribution is 2.00. The van der Waals surface area contributed by atoms with E-state index in [0.717, 1.165) is 0 Å². The predicted octanol–water partition coefficient (Wildman–Crippen LogP) is 1.28. The standard InChI is InChI=1S/C7H8NO/c1-2-9-7-5-3-4-6-8-7/h3-5H,2H2,1H3. The van der Waals surface area contributed by atoms with Gasteiger partial charge in [0.1, 0.15) is 0 Å². The number of aromatic nitrogens is 1. The zero-order valence-corrected chi connectivity index (χ0v) is 5.29. The van der Waals surface area contributed by atoms with Crippen LogP contribution < -0.4 is 4.74 Å². The molecule has 0 amide bonds. The summed E-state index contributed by atoms with van der Waals surface area (Å²) in [6.07, 6.45) is 2.67. The van der Waals surface area contributed by atoms with Crippen molar-refractivity contribution in [2.75, 3.05) is 6.61 Å². The first-order valence-electron chi connectivity index (χ1n) is 2.89. The van der Waals surface area contributed by atoms with Gasteiger partial charge in [-0.3, -0.25) is 0 Å². The molecule has 47 valence electrons. The number of nitrogens with zero attached hydrogens (tertiary/aromatic N) is 1. The van der Waals surface area contributed by atoms with Crippen LogP contribution in [0.5, 0.6) is 5.88 Å². The van der Waals surface area contributed by atoms with Gasteiger partial charge in [-0.05, 0) is 13.0 Å². The minimum Gasteiger partial charge on any atom is -0.478 e. The van der Waals surface area contributed by atoms with Crippen LogP contribution in [0.3, 0.4) is 0 Å². The molecule has 0 spiro atoms. The lowest BCUT2D eigenvalue weighted by Crippen LogP contribution is -1.92. The molecule has 0 atom stereocenters. The van der Waals surface area contributed by atoms with Gasteiger partial charge in [0.05, 0.1) is 12.8 Å². The van der Waals surface area contributed by atoms with Crippen molar-refractivity contribution in [2.24, 2.45) is 0 Å². The molecule has 1 heterocycles. The molecule has 0 unspecified atom stereocenters. The second-order valence-electron chi connectivity index (χ2n) is 1.54. The van der Waals surface area contributed by atoms with E-state index in [1.807, 2.05) is 13.0 Å². The summed E-state index contributed by atoms with van der Waals surface area (Å²) in [6.45, 7) is 2.58. The third kappa shape index (κ3) is 1.72. The topological polar surface area (TPSA) is 22.1 Å². The molecule has 2 heteroatoms. The van der Waals surface area contributed by atoms with Crippen LogP contribution in [-0.4, -0.2) is 11.6 Å². The summed E-state index contributed by atoms with van der Waals surface area (Å²) in [4.78, 5) is 3.82. The number of hydrogen-bond acceptors (Lipinski definition) is 2. The Morgan fingerprint density at radius 2 is 2.67 bits per heavy atom. The SMILES string of the molecule is CCOc1ccc[c]n1. The van der Waals surface area contributed by atoms with Gasteiger partial charge in [-0.15, -0.1) is 0 Å². The zero-order chi connectivity index (χ0) is 6.53. The normalized spacial score (nSPS) is 9.00. The maximum Gasteiger partial charge on any atom is 0.213 e. The summed E-state index contributed by atoms with van der Waals surface area (Å²) in [5, 5.41) is 0. The molecule has 0 saturated heterocycles. The highest BCUT2D eigenvalue weighted by Gasteiger charge is 1.86. The summed E-state index contributed by atoms with van der Waals surface area (Å²) in [5.41, 5.74) is 0. The quantitative estimate of drug-likeness (QED) is 0.589. The van der Waals surface area contributed by atoms with E-state index in [-0.39, 0.29) is 0 Å². The largest absolute Gasteiger partial charge is 0.478 e. The number of ether oxygens (including phenoxy) is 1. The molecule has 0 aliphatic carbocycles. The van der Waals surface area contributed by atoms with Crippen molar-refractivity contribution in [3.63, 3.8) is 0 Å². The van der Waals surface area contributed by atoms with Crippen molar-refractivity contribution in [1.29, 1.82) is 0 Å². The van der Waals surface area contributed by atoms with Crippen LogP contribution in [0.15, 0.2) is 18.2 Å².